The van der Waals surface area contributed by atoms with E-state index in [1.165, 1.54) is 11.2 Å². The lowest BCUT2D eigenvalue weighted by molar-refractivity contribution is 0.0718. The number of aliphatic hydroxyl groups is 2. The normalized spacial score (nSPS) is 15.9. The second-order valence-corrected chi connectivity index (χ2v) is 6.71. The molecule has 0 amide bonds. The summed E-state index contributed by atoms with van der Waals surface area (Å²) in [6.45, 7) is 0.277. The highest BCUT2D eigenvalue weighted by Gasteiger charge is 2.19. The molecule has 8 nitrogen and oxygen atoms in total. The first kappa shape index (κ1) is 18.8. The SMILES string of the molecule is N/C(=C\N(N)CC(O)CO)n1cc(C2=CNNC2)c2ccc(Cl)c(Cl)c21. The maximum atomic E-state index is 9.50. The van der Waals surface area contributed by atoms with Crippen molar-refractivity contribution in [2.24, 2.45) is 11.6 Å². The van der Waals surface area contributed by atoms with Crippen molar-refractivity contribution in [2.45, 2.75) is 6.10 Å². The predicted octanol–water partition coefficient (Wildman–Crippen LogP) is 0.640. The van der Waals surface area contributed by atoms with E-state index in [2.05, 4.69) is 10.9 Å². The molecular formula is C16H20Cl2N6O2. The second kappa shape index (κ2) is 7.75. The van der Waals surface area contributed by atoms with Gasteiger partial charge in [-0.1, -0.05) is 29.3 Å². The maximum absolute atomic E-state index is 9.50. The molecule has 2 aromatic rings. The lowest BCUT2D eigenvalue weighted by Gasteiger charge is -2.18. The third kappa shape index (κ3) is 3.61. The molecule has 1 aromatic carbocycles. The third-order valence-electron chi connectivity index (χ3n) is 4.04. The summed E-state index contributed by atoms with van der Waals surface area (Å²) < 4.78 is 1.70. The van der Waals surface area contributed by atoms with E-state index < -0.39 is 12.7 Å². The Hall–Kier alpha value is -1.94. The number of aromatic nitrogens is 1. The fraction of sp³-hybridized carbons (Fsp3) is 0.250. The van der Waals surface area contributed by atoms with Gasteiger partial charge in [-0.25, -0.2) is 11.3 Å². The van der Waals surface area contributed by atoms with E-state index in [1.54, 1.807) is 10.6 Å². The van der Waals surface area contributed by atoms with Gasteiger partial charge in [0.15, 0.2) is 0 Å². The number of nitrogens with zero attached hydrogens (tertiary/aromatic N) is 2. The van der Waals surface area contributed by atoms with Crippen LogP contribution in [0.1, 0.15) is 5.56 Å². The van der Waals surface area contributed by atoms with E-state index in [4.69, 9.17) is 39.9 Å². The van der Waals surface area contributed by atoms with Crippen molar-refractivity contribution in [3.8, 4) is 0 Å². The molecule has 10 heteroatoms. The maximum Gasteiger partial charge on any atom is 0.125 e. The molecule has 0 aliphatic carbocycles. The highest BCUT2D eigenvalue weighted by atomic mass is 35.5. The average Bonchev–Trinajstić information content (AvgIpc) is 3.25. The van der Waals surface area contributed by atoms with Crippen LogP contribution in [0, 0.1) is 0 Å². The molecule has 1 atom stereocenters. The number of hydrogen-bond acceptors (Lipinski definition) is 7. The van der Waals surface area contributed by atoms with Gasteiger partial charge in [-0.15, -0.1) is 0 Å². The van der Waals surface area contributed by atoms with Gasteiger partial charge in [0.1, 0.15) is 5.82 Å². The minimum atomic E-state index is -0.972. The van der Waals surface area contributed by atoms with E-state index in [-0.39, 0.29) is 12.4 Å². The molecule has 3 rings (SSSR count). The third-order valence-corrected chi connectivity index (χ3v) is 4.83. The van der Waals surface area contributed by atoms with Gasteiger partial charge in [-0.05, 0) is 11.6 Å². The summed E-state index contributed by atoms with van der Waals surface area (Å²) >= 11 is 12.6. The van der Waals surface area contributed by atoms with Crippen LogP contribution in [0.2, 0.25) is 10.0 Å². The van der Waals surface area contributed by atoms with Crippen molar-refractivity contribution in [1.82, 2.24) is 20.4 Å². The number of halogens is 2. The topological polar surface area (TPSA) is 125 Å². The van der Waals surface area contributed by atoms with Crippen molar-refractivity contribution in [2.75, 3.05) is 19.7 Å². The number of hydrogen-bond donors (Lipinski definition) is 6. The number of benzene rings is 1. The van der Waals surface area contributed by atoms with E-state index in [9.17, 15) is 5.11 Å². The van der Waals surface area contributed by atoms with Gasteiger partial charge in [-0.2, -0.15) is 0 Å². The Bertz CT molecular complexity index is 879. The number of nitrogens with one attached hydrogen (secondary N) is 2. The molecule has 1 unspecified atom stereocenters. The fourth-order valence-electron chi connectivity index (χ4n) is 2.81. The van der Waals surface area contributed by atoms with E-state index in [0.717, 1.165) is 16.5 Å². The Morgan fingerprint density at radius 3 is 2.85 bits per heavy atom. The van der Waals surface area contributed by atoms with Gasteiger partial charge in [0.25, 0.3) is 0 Å². The zero-order valence-electron chi connectivity index (χ0n) is 13.8. The van der Waals surface area contributed by atoms with Crippen LogP contribution < -0.4 is 22.4 Å². The molecule has 1 aliphatic heterocycles. The molecule has 0 fully saturated rings. The van der Waals surface area contributed by atoms with Crippen molar-refractivity contribution in [3.63, 3.8) is 0 Å². The molecule has 0 saturated heterocycles. The number of hydrazine groups is 2. The Balaban J connectivity index is 2.08. The number of rotatable bonds is 6. The molecule has 1 aliphatic rings. The highest BCUT2D eigenvalue weighted by Crippen LogP contribution is 2.37. The quantitative estimate of drug-likeness (QED) is 0.311. The average molecular weight is 399 g/mol. The minimum Gasteiger partial charge on any atom is -0.394 e. The van der Waals surface area contributed by atoms with Crippen LogP contribution in [0.15, 0.2) is 30.7 Å². The summed E-state index contributed by atoms with van der Waals surface area (Å²) in [7, 11) is 0. The summed E-state index contributed by atoms with van der Waals surface area (Å²) in [5, 5.41) is 21.3. The Morgan fingerprint density at radius 2 is 2.19 bits per heavy atom. The number of nitrogens with two attached hydrogens (primary N) is 2. The first-order chi connectivity index (χ1) is 12.4. The predicted molar refractivity (Wildman–Crippen MR) is 104 cm³/mol. The number of aliphatic hydroxyl groups excluding tert-OH is 2. The monoisotopic (exact) mass is 398 g/mol. The van der Waals surface area contributed by atoms with Crippen LogP contribution in [-0.4, -0.2) is 45.6 Å². The van der Waals surface area contributed by atoms with Gasteiger partial charge >= 0.3 is 0 Å². The molecule has 26 heavy (non-hydrogen) atoms. The standard InChI is InChI=1S/C16H20Cl2N6O2/c17-13-2-1-11-12(9-3-21-22-4-9)6-24(16(11)15(13)18)14(19)7-23(20)5-10(26)8-25/h1-3,6-7,10,21-22,25-26H,4-5,8,19-20H2/b14-7+. The zero-order chi connectivity index (χ0) is 18.8. The van der Waals surface area contributed by atoms with Gasteiger partial charge in [0.2, 0.25) is 0 Å². The zero-order valence-corrected chi connectivity index (χ0v) is 15.3. The van der Waals surface area contributed by atoms with Gasteiger partial charge in [0.05, 0.1) is 41.0 Å². The molecule has 8 N–H and O–H groups in total. The largest absolute Gasteiger partial charge is 0.394 e. The highest BCUT2D eigenvalue weighted by molar-refractivity contribution is 6.45. The minimum absolute atomic E-state index is 0.0245. The number of fused-ring (bicyclic) bond motifs is 1. The summed E-state index contributed by atoms with van der Waals surface area (Å²) in [6, 6.07) is 3.63. The molecule has 0 radical (unpaired) electrons. The molecule has 0 saturated carbocycles. The first-order valence-electron chi connectivity index (χ1n) is 7.87. The smallest absolute Gasteiger partial charge is 0.125 e. The van der Waals surface area contributed by atoms with E-state index in [0.29, 0.717) is 22.1 Å². The molecule has 1 aromatic heterocycles. The first-order valence-corrected chi connectivity index (χ1v) is 8.62. The summed E-state index contributed by atoms with van der Waals surface area (Å²) in [5.41, 5.74) is 14.8. The van der Waals surface area contributed by atoms with Crippen molar-refractivity contribution >= 4 is 45.5 Å². The van der Waals surface area contributed by atoms with Gasteiger partial charge < -0.3 is 26.4 Å². The van der Waals surface area contributed by atoms with E-state index >= 15 is 0 Å². The molecular weight excluding hydrogens is 379 g/mol. The fourth-order valence-corrected chi connectivity index (χ4v) is 3.22. The van der Waals surface area contributed by atoms with Crippen LogP contribution in [-0.2, 0) is 0 Å². The molecule has 0 spiro atoms. The van der Waals surface area contributed by atoms with Crippen LogP contribution >= 0.6 is 23.2 Å². The van der Waals surface area contributed by atoms with Crippen LogP contribution in [0.25, 0.3) is 22.3 Å². The van der Waals surface area contributed by atoms with E-state index in [1.807, 2.05) is 18.5 Å². The lowest BCUT2D eigenvalue weighted by Crippen LogP contribution is -2.36. The summed E-state index contributed by atoms with van der Waals surface area (Å²) in [4.78, 5) is 0. The van der Waals surface area contributed by atoms with Crippen LogP contribution in [0.5, 0.6) is 0 Å². The second-order valence-electron chi connectivity index (χ2n) is 5.92. The van der Waals surface area contributed by atoms with Crippen molar-refractivity contribution in [1.29, 1.82) is 0 Å². The lowest BCUT2D eigenvalue weighted by atomic mass is 10.1. The Labute approximate surface area is 160 Å². The molecule has 2 heterocycles. The Kier molecular flexibility index (Phi) is 5.61. The van der Waals surface area contributed by atoms with Gasteiger partial charge in [-0.3, -0.25) is 4.57 Å². The summed E-state index contributed by atoms with van der Waals surface area (Å²) in [6.07, 6.45) is 4.21. The van der Waals surface area contributed by atoms with Crippen LogP contribution in [0.4, 0.5) is 0 Å². The summed E-state index contributed by atoms with van der Waals surface area (Å²) in [5.74, 6) is 6.12. The molecule has 0 bridgehead atoms. The van der Waals surface area contributed by atoms with Gasteiger partial charge in [0, 0.05) is 29.9 Å². The van der Waals surface area contributed by atoms with Crippen molar-refractivity contribution in [3.05, 3.63) is 46.3 Å². The Morgan fingerprint density at radius 1 is 1.42 bits per heavy atom. The molecule has 140 valence electrons. The van der Waals surface area contributed by atoms with Crippen LogP contribution in [0.3, 0.4) is 0 Å². The van der Waals surface area contributed by atoms with Crippen molar-refractivity contribution < 1.29 is 10.2 Å².